The molecule has 3 heteroatoms. The van der Waals surface area contributed by atoms with Gasteiger partial charge in [0.1, 0.15) is 0 Å². The van der Waals surface area contributed by atoms with Crippen molar-refractivity contribution in [3.8, 4) is 0 Å². The number of rotatable bonds is 2. The van der Waals surface area contributed by atoms with Gasteiger partial charge in [0.05, 0.1) is 0 Å². The van der Waals surface area contributed by atoms with E-state index >= 15 is 0 Å². The van der Waals surface area contributed by atoms with Gasteiger partial charge in [-0.05, 0) is 0 Å². The first kappa shape index (κ1) is 8.41. The molecule has 8 heavy (non-hydrogen) atoms. The van der Waals surface area contributed by atoms with Crippen molar-refractivity contribution < 1.29 is 35.7 Å². The van der Waals surface area contributed by atoms with Crippen molar-refractivity contribution >= 4 is 5.97 Å². The van der Waals surface area contributed by atoms with Crippen LogP contribution in [0.15, 0.2) is 0 Å². The van der Waals surface area contributed by atoms with E-state index in [1.165, 1.54) is 6.92 Å². The van der Waals surface area contributed by atoms with E-state index in [1.807, 2.05) is 6.92 Å². The number of esters is 1. The molecule has 0 aromatic rings. The molecule has 0 rings (SSSR count). The number of hydrogen-bond acceptors (Lipinski definition) is 2. The van der Waals surface area contributed by atoms with E-state index in [0.29, 0.717) is 0 Å². The minimum absolute atomic E-state index is 0.163. The predicted octanol–water partition coefficient (Wildman–Crippen LogP) is 0.903. The van der Waals surface area contributed by atoms with Gasteiger partial charge in [-0.1, -0.05) is 0 Å². The van der Waals surface area contributed by atoms with Gasteiger partial charge in [0.25, 0.3) is 0 Å². The van der Waals surface area contributed by atoms with Crippen LogP contribution in [0.1, 0.15) is 13.8 Å². The van der Waals surface area contributed by atoms with Crippen LogP contribution in [0.25, 0.3) is 0 Å². The summed E-state index contributed by atoms with van der Waals surface area (Å²) in [4.78, 5) is 10.2. The number of carbonyl (C=O) groups is 1. The van der Waals surface area contributed by atoms with E-state index in [9.17, 15) is 4.79 Å². The van der Waals surface area contributed by atoms with Gasteiger partial charge in [-0.25, -0.2) is 0 Å². The summed E-state index contributed by atoms with van der Waals surface area (Å²) in [5, 5.41) is 0. The van der Waals surface area contributed by atoms with E-state index in [4.69, 9.17) is 4.74 Å². The summed E-state index contributed by atoms with van der Waals surface area (Å²) in [6, 6.07) is 0. The number of hydrogen-bond donors (Lipinski definition) is 0. The van der Waals surface area contributed by atoms with Gasteiger partial charge >= 0.3 is 65.5 Å². The number of ether oxygens (including phenoxy) is 1. The first-order valence-corrected chi connectivity index (χ1v) is 6.52. The summed E-state index contributed by atoms with van der Waals surface area (Å²) in [5.41, 5.74) is 0. The molecule has 0 aliphatic carbocycles. The van der Waals surface area contributed by atoms with E-state index in [-0.39, 0.29) is 12.1 Å². The average molecular weight is 298 g/mol. The molecule has 0 aromatic carbocycles. The van der Waals surface area contributed by atoms with Crippen molar-refractivity contribution in [1.29, 1.82) is 0 Å². The molecule has 0 heterocycles. The molecule has 0 amide bonds. The van der Waals surface area contributed by atoms with Crippen LogP contribution in [-0.2, 0) is 35.7 Å². The zero-order valence-corrected chi connectivity index (χ0v) is 10.8. The summed E-state index contributed by atoms with van der Waals surface area (Å²) in [5.74, 6) is -0.164. The van der Waals surface area contributed by atoms with Crippen LogP contribution < -0.4 is 0 Å². The zero-order valence-electron chi connectivity index (χ0n) is 5.31. The Morgan fingerprint density at radius 3 is 2.50 bits per heavy atom. The summed E-state index contributed by atoms with van der Waals surface area (Å²) in [6.07, 6.45) is 0.163. The number of carbonyl (C=O) groups excluding carboxylic acids is 1. The van der Waals surface area contributed by atoms with Gasteiger partial charge in [0.15, 0.2) is 0 Å². The standard InChI is InChI=1S/C5H9O2.Hg/c1-4(2)7-5(3)6;/h4H,1H2,2-3H3;/q;+1/i;1-4. The molecular weight excluding hydrogens is 289 g/mol. The topological polar surface area (TPSA) is 26.3 Å². The second-order valence-electron chi connectivity index (χ2n) is 1.71. The van der Waals surface area contributed by atoms with E-state index < -0.39 is 0 Å². The Bertz CT molecular complexity index is 82.5. The molecule has 0 saturated heterocycles. The molecule has 0 aliphatic heterocycles. The molecule has 0 aliphatic rings. The maximum absolute atomic E-state index is 10.2. The molecule has 0 N–H and O–H groups in total. The Kier molecular flexibility index (Phi) is 4.52. The van der Waals surface area contributed by atoms with Gasteiger partial charge in [-0.15, -0.1) is 0 Å². The summed E-state index contributed by atoms with van der Waals surface area (Å²) in [6.45, 7) is 3.37. The Morgan fingerprint density at radius 2 is 2.38 bits per heavy atom. The van der Waals surface area contributed by atoms with Crippen molar-refractivity contribution in [1.82, 2.24) is 0 Å². The monoisotopic (exact) mass is 298 g/mol. The van der Waals surface area contributed by atoms with E-state index in [0.717, 1.165) is 30.1 Å². The summed E-state index contributed by atoms with van der Waals surface area (Å²) >= 11 is 0.750. The predicted molar refractivity (Wildman–Crippen MR) is 26.0 cm³/mol. The Labute approximate surface area is 65.6 Å². The molecule has 2 nitrogen and oxygen atoms in total. The van der Waals surface area contributed by atoms with Crippen molar-refractivity contribution in [3.63, 3.8) is 0 Å². The maximum atomic E-state index is 10.2. The summed E-state index contributed by atoms with van der Waals surface area (Å²) in [7, 11) is 0. The van der Waals surface area contributed by atoms with E-state index in [1.54, 1.807) is 0 Å². The fourth-order valence-electron chi connectivity index (χ4n) is 0.342. The molecule has 1 atom stereocenters. The first-order chi connectivity index (χ1) is 3.66. The van der Waals surface area contributed by atoms with Gasteiger partial charge < -0.3 is 0 Å². The van der Waals surface area contributed by atoms with Crippen LogP contribution in [-0.4, -0.2) is 12.1 Å². The van der Waals surface area contributed by atoms with Gasteiger partial charge in [0, 0.05) is 0 Å². The Balaban J connectivity index is 3.24. The van der Waals surface area contributed by atoms with Gasteiger partial charge in [-0.2, -0.15) is 0 Å². The minimum atomic E-state index is -0.164. The van der Waals surface area contributed by atoms with Gasteiger partial charge in [0.2, 0.25) is 0 Å². The van der Waals surface area contributed by atoms with Crippen LogP contribution in [0, 0.1) is 0 Å². The molecule has 42 valence electrons. The molecular formula is C5H9HgO2+. The third-order valence-electron chi connectivity index (χ3n) is 0.774. The molecule has 0 fully saturated rings. The third kappa shape index (κ3) is 4.56. The molecule has 0 radical (unpaired) electrons. The van der Waals surface area contributed by atoms with Crippen LogP contribution >= 0.6 is 0 Å². The average Bonchev–Trinajstić information content (AvgIpc) is 1.65. The van der Waals surface area contributed by atoms with Crippen molar-refractivity contribution in [2.45, 2.75) is 23.9 Å². The molecule has 0 spiro atoms. The van der Waals surface area contributed by atoms with Crippen LogP contribution in [0.4, 0.5) is 0 Å². The fourth-order valence-corrected chi connectivity index (χ4v) is 0.800. The van der Waals surface area contributed by atoms with Crippen molar-refractivity contribution in [2.24, 2.45) is 0 Å². The van der Waals surface area contributed by atoms with Crippen molar-refractivity contribution in [2.75, 3.05) is 0 Å². The normalized spacial score (nSPS) is 13.0. The van der Waals surface area contributed by atoms with Crippen molar-refractivity contribution in [3.05, 3.63) is 0 Å². The van der Waals surface area contributed by atoms with Gasteiger partial charge in [-0.3, -0.25) is 0 Å². The van der Waals surface area contributed by atoms with E-state index in [2.05, 4.69) is 0 Å². The molecule has 0 aromatic heterocycles. The molecule has 1 unspecified atom stereocenters. The SMILES string of the molecule is CC(=O)OC(C)[CH2][197Hg+]. The molecule has 0 saturated carbocycles. The third-order valence-corrected chi connectivity index (χ3v) is 3.93. The van der Waals surface area contributed by atoms with Crippen LogP contribution in [0.2, 0.25) is 3.93 Å². The Morgan fingerprint density at radius 1 is 1.88 bits per heavy atom. The zero-order chi connectivity index (χ0) is 6.57. The second-order valence-corrected chi connectivity index (χ2v) is 3.95. The quantitative estimate of drug-likeness (QED) is 0.559. The molecule has 0 bridgehead atoms. The Hall–Kier alpha value is 0.405. The van der Waals surface area contributed by atoms with Crippen LogP contribution in [0.5, 0.6) is 0 Å². The van der Waals surface area contributed by atoms with Crippen LogP contribution in [0.3, 0.4) is 0 Å². The summed E-state index contributed by atoms with van der Waals surface area (Å²) < 4.78 is 5.89. The fraction of sp³-hybridized carbons (Fsp3) is 0.800. The first-order valence-electron chi connectivity index (χ1n) is 2.63. The second kappa shape index (κ2) is 4.30.